The number of fused-ring (bicyclic) bond motifs is 10. The molecule has 0 fully saturated rings. The summed E-state index contributed by atoms with van der Waals surface area (Å²) < 4.78 is 6.91. The van der Waals surface area contributed by atoms with E-state index >= 15 is 0 Å². The topological polar surface area (TPSA) is 40.0 Å². The Morgan fingerprint density at radius 3 is 1.53 bits per heavy atom. The van der Waals surface area contributed by atoms with E-state index in [0.717, 1.165) is 33.8 Å². The van der Waals surface area contributed by atoms with Crippen LogP contribution in [0, 0.1) is 0 Å². The van der Waals surface area contributed by atoms with Crippen LogP contribution in [0.25, 0.3) is 105 Å². The summed E-state index contributed by atoms with van der Waals surface area (Å²) in [5.41, 5.74) is 19.5. The Hall–Kier alpha value is -8.02. The molecule has 4 aromatic heterocycles. The van der Waals surface area contributed by atoms with Gasteiger partial charge in [0, 0.05) is 61.9 Å². The van der Waals surface area contributed by atoms with Gasteiger partial charge in [0.15, 0.2) is 5.65 Å². The van der Waals surface area contributed by atoms with Crippen LogP contribution >= 0.6 is 0 Å². The summed E-state index contributed by atoms with van der Waals surface area (Å²) in [5, 5.41) is 4.93. The van der Waals surface area contributed by atoms with Gasteiger partial charge in [-0.25, -0.2) is 4.98 Å². The van der Waals surface area contributed by atoms with Crippen molar-refractivity contribution < 1.29 is 0 Å². The zero-order valence-corrected chi connectivity index (χ0v) is 34.3. The van der Waals surface area contributed by atoms with Crippen LogP contribution in [0.3, 0.4) is 0 Å². The van der Waals surface area contributed by atoms with Gasteiger partial charge in [-0.1, -0.05) is 123 Å². The van der Waals surface area contributed by atoms with Crippen molar-refractivity contribution in [3.8, 4) is 56.1 Å². The number of nitrogens with zero attached hydrogens (tertiary/aromatic N) is 5. The van der Waals surface area contributed by atoms with Crippen LogP contribution in [0.15, 0.2) is 201 Å². The first-order chi connectivity index (χ1) is 30.5. The Bertz CT molecular complexity index is 3770. The second-order valence-corrected chi connectivity index (χ2v) is 17.1. The zero-order valence-electron chi connectivity index (χ0n) is 34.3. The summed E-state index contributed by atoms with van der Waals surface area (Å²) >= 11 is 0. The van der Waals surface area contributed by atoms with Crippen molar-refractivity contribution in [1.29, 1.82) is 0 Å². The number of rotatable bonds is 5. The number of hydrogen-bond donors (Lipinski definition) is 0. The summed E-state index contributed by atoms with van der Waals surface area (Å²) in [7, 11) is 0. The number of hydrogen-bond acceptors (Lipinski definition) is 2. The van der Waals surface area contributed by atoms with Gasteiger partial charge in [-0.3, -0.25) is 9.38 Å². The molecule has 62 heavy (non-hydrogen) atoms. The lowest BCUT2D eigenvalue weighted by molar-refractivity contribution is 0.661. The van der Waals surface area contributed by atoms with E-state index in [-0.39, 0.29) is 5.41 Å². The molecule has 0 saturated carbocycles. The minimum absolute atomic E-state index is 0.203. The summed E-state index contributed by atoms with van der Waals surface area (Å²) in [6.45, 7) is 4.73. The molecule has 12 aromatic rings. The normalized spacial score (nSPS) is 13.1. The van der Waals surface area contributed by atoms with Gasteiger partial charge in [-0.05, 0) is 106 Å². The van der Waals surface area contributed by atoms with Crippen molar-refractivity contribution in [3.63, 3.8) is 0 Å². The van der Waals surface area contributed by atoms with E-state index in [1.165, 1.54) is 82.7 Å². The Kier molecular flexibility index (Phi) is 7.29. The Morgan fingerprint density at radius 2 is 0.903 bits per heavy atom. The molecule has 0 spiro atoms. The third-order valence-electron chi connectivity index (χ3n) is 13.4. The molecule has 1 aliphatic carbocycles. The molecule has 13 rings (SSSR count). The van der Waals surface area contributed by atoms with Crippen molar-refractivity contribution in [3.05, 3.63) is 212 Å². The summed E-state index contributed by atoms with van der Waals surface area (Å²) in [6, 6.07) is 66.2. The fourth-order valence-corrected chi connectivity index (χ4v) is 10.4. The molecule has 0 atom stereocenters. The van der Waals surface area contributed by atoms with E-state index < -0.39 is 0 Å². The molecule has 4 heterocycles. The first-order valence-electron chi connectivity index (χ1n) is 21.3. The van der Waals surface area contributed by atoms with Crippen LogP contribution in [-0.2, 0) is 5.41 Å². The fraction of sp³-hybridized carbons (Fsp3) is 0.0526. The monoisotopic (exact) mass is 793 g/mol. The van der Waals surface area contributed by atoms with E-state index in [1.807, 2.05) is 18.6 Å². The molecule has 292 valence electrons. The highest BCUT2D eigenvalue weighted by Gasteiger charge is 2.36. The SMILES string of the molecule is CC1(C)c2cc(-c3ccc4c(c3)c3ccccc3n4-c3ccccc3)ccc2-c2ccc(-c3cnc4c(-c5ccc6c(c5)c5ccccc5n6-c5ccccc5)nccn34)cc21. The van der Waals surface area contributed by atoms with Crippen molar-refractivity contribution in [2.45, 2.75) is 19.3 Å². The number of para-hydroxylation sites is 4. The lowest BCUT2D eigenvalue weighted by atomic mass is 9.81. The molecule has 5 nitrogen and oxygen atoms in total. The maximum Gasteiger partial charge on any atom is 0.163 e. The maximum atomic E-state index is 5.03. The second-order valence-electron chi connectivity index (χ2n) is 17.1. The Balaban J connectivity index is 0.870. The molecule has 8 aromatic carbocycles. The number of imidazole rings is 1. The van der Waals surface area contributed by atoms with Gasteiger partial charge in [0.05, 0.1) is 34.0 Å². The van der Waals surface area contributed by atoms with E-state index in [2.05, 4.69) is 209 Å². The van der Waals surface area contributed by atoms with Crippen molar-refractivity contribution in [2.24, 2.45) is 0 Å². The third-order valence-corrected chi connectivity index (χ3v) is 13.4. The van der Waals surface area contributed by atoms with Gasteiger partial charge >= 0.3 is 0 Å². The van der Waals surface area contributed by atoms with E-state index in [0.29, 0.717) is 0 Å². The third kappa shape index (κ3) is 4.96. The second kappa shape index (κ2) is 13.0. The quantitative estimate of drug-likeness (QED) is 0.174. The molecule has 1 aliphatic rings. The van der Waals surface area contributed by atoms with Crippen molar-refractivity contribution in [2.75, 3.05) is 0 Å². The molecular weight excluding hydrogens is 755 g/mol. The molecule has 0 aliphatic heterocycles. The van der Waals surface area contributed by atoms with E-state index in [1.54, 1.807) is 0 Å². The maximum absolute atomic E-state index is 5.03. The van der Waals surface area contributed by atoms with Gasteiger partial charge in [-0.15, -0.1) is 0 Å². The van der Waals surface area contributed by atoms with Crippen LogP contribution in [0.5, 0.6) is 0 Å². The predicted octanol–water partition coefficient (Wildman–Crippen LogP) is 14.2. The van der Waals surface area contributed by atoms with E-state index in [9.17, 15) is 0 Å². The van der Waals surface area contributed by atoms with Gasteiger partial charge < -0.3 is 9.13 Å². The highest BCUT2D eigenvalue weighted by Crippen LogP contribution is 2.51. The van der Waals surface area contributed by atoms with Crippen LogP contribution < -0.4 is 0 Å². The average molecular weight is 794 g/mol. The van der Waals surface area contributed by atoms with Gasteiger partial charge in [0.1, 0.15) is 5.69 Å². The lowest BCUT2D eigenvalue weighted by Crippen LogP contribution is -2.15. The van der Waals surface area contributed by atoms with Crippen molar-refractivity contribution in [1.82, 2.24) is 23.5 Å². The van der Waals surface area contributed by atoms with E-state index in [4.69, 9.17) is 9.97 Å². The first kappa shape index (κ1) is 34.8. The highest BCUT2D eigenvalue weighted by atomic mass is 15.0. The predicted molar refractivity (Wildman–Crippen MR) is 256 cm³/mol. The minimum Gasteiger partial charge on any atom is -0.309 e. The minimum atomic E-state index is -0.203. The molecule has 5 heteroatoms. The van der Waals surface area contributed by atoms with Gasteiger partial charge in [0.2, 0.25) is 0 Å². The van der Waals surface area contributed by atoms with Gasteiger partial charge in [0.25, 0.3) is 0 Å². The first-order valence-corrected chi connectivity index (χ1v) is 21.3. The highest BCUT2D eigenvalue weighted by molar-refractivity contribution is 6.11. The van der Waals surface area contributed by atoms with Crippen LogP contribution in [0.2, 0.25) is 0 Å². The van der Waals surface area contributed by atoms with Crippen LogP contribution in [0.1, 0.15) is 25.0 Å². The number of aromatic nitrogens is 5. The molecule has 0 bridgehead atoms. The van der Waals surface area contributed by atoms with Crippen LogP contribution in [-0.4, -0.2) is 23.5 Å². The molecule has 0 radical (unpaired) electrons. The summed E-state index contributed by atoms with van der Waals surface area (Å²) in [5.74, 6) is 0. The molecular formula is C57H39N5. The zero-order chi connectivity index (χ0) is 41.1. The standard InChI is InChI=1S/C57H39N5/c1-57(2)48-33-37(36-23-27-52-46(31-36)44-17-9-11-19-50(44)61(52)40-13-5-3-6-14-40)21-25-42(48)43-26-22-38(34-49(43)57)54-35-59-56-55(58-29-30-60(54)56)39-24-28-53-47(32-39)45-18-10-12-20-51(45)62(53)41-15-7-4-8-16-41/h3-35H,1-2H3. The molecule has 0 saturated heterocycles. The Labute approximate surface area is 358 Å². The smallest absolute Gasteiger partial charge is 0.163 e. The summed E-state index contributed by atoms with van der Waals surface area (Å²) in [4.78, 5) is 9.97. The molecule has 0 N–H and O–H groups in total. The van der Waals surface area contributed by atoms with Crippen molar-refractivity contribution >= 4 is 49.3 Å². The lowest BCUT2D eigenvalue weighted by Gasteiger charge is -2.22. The Morgan fingerprint density at radius 1 is 0.419 bits per heavy atom. The largest absolute Gasteiger partial charge is 0.309 e. The fourth-order valence-electron chi connectivity index (χ4n) is 10.4. The van der Waals surface area contributed by atoms with Crippen LogP contribution in [0.4, 0.5) is 0 Å². The molecule has 0 unspecified atom stereocenters. The van der Waals surface area contributed by atoms with Gasteiger partial charge in [-0.2, -0.15) is 0 Å². The average Bonchev–Trinajstić information content (AvgIpc) is 4.06. The molecule has 0 amide bonds. The number of benzene rings is 8. The summed E-state index contributed by atoms with van der Waals surface area (Å²) in [6.07, 6.45) is 5.94.